The van der Waals surface area contributed by atoms with Gasteiger partial charge in [-0.1, -0.05) is 52.6 Å². The van der Waals surface area contributed by atoms with E-state index in [9.17, 15) is 5.11 Å². The summed E-state index contributed by atoms with van der Waals surface area (Å²) >= 11 is 7.23. The van der Waals surface area contributed by atoms with Crippen molar-refractivity contribution in [3.8, 4) is 0 Å². The van der Waals surface area contributed by atoms with Crippen LogP contribution in [0.2, 0.25) is 0 Å². The summed E-state index contributed by atoms with van der Waals surface area (Å²) in [6.07, 6.45) is 2.25. The van der Waals surface area contributed by atoms with Crippen molar-refractivity contribution < 1.29 is 5.11 Å². The van der Waals surface area contributed by atoms with Gasteiger partial charge in [0.15, 0.2) is 0 Å². The number of nitrogens with zero attached hydrogens (tertiary/aromatic N) is 2. The van der Waals surface area contributed by atoms with Crippen LogP contribution in [0, 0.1) is 16.7 Å². The van der Waals surface area contributed by atoms with E-state index in [1.54, 1.807) is 0 Å². The van der Waals surface area contributed by atoms with Crippen LogP contribution in [0.5, 0.6) is 0 Å². The van der Waals surface area contributed by atoms with E-state index >= 15 is 0 Å². The molecule has 0 amide bonds. The highest BCUT2D eigenvalue weighted by molar-refractivity contribution is 9.10. The van der Waals surface area contributed by atoms with Crippen molar-refractivity contribution >= 4 is 53.7 Å². The second-order valence-electron chi connectivity index (χ2n) is 10.3. The van der Waals surface area contributed by atoms with Crippen LogP contribution in [-0.4, -0.2) is 40.3 Å². The highest BCUT2D eigenvalue weighted by Gasteiger charge is 2.55. The van der Waals surface area contributed by atoms with E-state index in [0.717, 1.165) is 34.5 Å². The van der Waals surface area contributed by atoms with Gasteiger partial charge in [0, 0.05) is 50.4 Å². The van der Waals surface area contributed by atoms with Crippen LogP contribution in [0.1, 0.15) is 33.6 Å². The molecule has 2 aromatic carbocycles. The van der Waals surface area contributed by atoms with Crippen LogP contribution in [0.4, 0.5) is 0 Å². The highest BCUT2D eigenvalue weighted by atomic mass is 79.9. The van der Waals surface area contributed by atoms with Gasteiger partial charge in [0.05, 0.1) is 12.6 Å². The molecular weight excluding hydrogens is 504 g/mol. The first-order chi connectivity index (χ1) is 14.2. The lowest BCUT2D eigenvalue weighted by Crippen LogP contribution is -2.53. The first-order valence-corrected chi connectivity index (χ1v) is 12.5. The lowest BCUT2D eigenvalue weighted by Gasteiger charge is -2.50. The van der Waals surface area contributed by atoms with Crippen molar-refractivity contribution in [2.45, 2.75) is 46.3 Å². The normalized spacial score (nSPS) is 27.2. The second kappa shape index (κ2) is 7.33. The number of aliphatic hydroxyl groups excluding tert-OH is 1. The van der Waals surface area contributed by atoms with Crippen LogP contribution in [0.25, 0.3) is 21.8 Å². The van der Waals surface area contributed by atoms with Gasteiger partial charge in [-0.25, -0.2) is 0 Å². The van der Waals surface area contributed by atoms with E-state index in [-0.39, 0.29) is 6.10 Å². The molecule has 2 bridgehead atoms. The minimum Gasteiger partial charge on any atom is -0.390 e. The second-order valence-corrected chi connectivity index (χ2v) is 12.1. The minimum atomic E-state index is -0.389. The molecule has 1 saturated carbocycles. The van der Waals surface area contributed by atoms with E-state index in [2.05, 4.69) is 98.5 Å². The van der Waals surface area contributed by atoms with E-state index in [4.69, 9.17) is 0 Å². The van der Waals surface area contributed by atoms with Crippen molar-refractivity contribution in [3.05, 3.63) is 45.3 Å². The number of hydrogen-bond acceptors (Lipinski definition) is 2. The predicted molar refractivity (Wildman–Crippen MR) is 132 cm³/mol. The quantitative estimate of drug-likeness (QED) is 0.418. The average Bonchev–Trinajstić information content (AvgIpc) is 2.97. The number of β-amino-alcohol motifs (C(OH)–C–C–N with tert-alkyl or cyclic N) is 1. The van der Waals surface area contributed by atoms with E-state index in [1.165, 1.54) is 34.6 Å². The molecule has 1 aliphatic heterocycles. The lowest BCUT2D eigenvalue weighted by molar-refractivity contribution is -0.0345. The van der Waals surface area contributed by atoms with Gasteiger partial charge in [0.25, 0.3) is 0 Å². The van der Waals surface area contributed by atoms with Crippen LogP contribution in [-0.2, 0) is 6.54 Å². The molecule has 0 radical (unpaired) electrons. The number of fused-ring (bicyclic) bond motifs is 5. The molecule has 0 unspecified atom stereocenters. The number of aliphatic hydroxyl groups is 1. The molecule has 1 aliphatic carbocycles. The fraction of sp³-hybridized carbons (Fsp3) is 0.520. The highest BCUT2D eigenvalue weighted by Crippen LogP contribution is 2.58. The van der Waals surface area contributed by atoms with Gasteiger partial charge >= 0.3 is 0 Å². The number of benzene rings is 2. The largest absolute Gasteiger partial charge is 0.390 e. The maximum absolute atomic E-state index is 11.1. The summed E-state index contributed by atoms with van der Waals surface area (Å²) in [6.45, 7) is 10.9. The Morgan fingerprint density at radius 1 is 1.00 bits per heavy atom. The Morgan fingerprint density at radius 2 is 1.60 bits per heavy atom. The smallest absolute Gasteiger partial charge is 0.0845 e. The Labute approximate surface area is 195 Å². The Hall–Kier alpha value is -0.880. The zero-order valence-electron chi connectivity index (χ0n) is 18.0. The van der Waals surface area contributed by atoms with Crippen LogP contribution in [0.3, 0.4) is 0 Å². The van der Waals surface area contributed by atoms with E-state index in [0.29, 0.717) is 17.4 Å². The average molecular weight is 534 g/mol. The molecule has 2 heterocycles. The summed E-state index contributed by atoms with van der Waals surface area (Å²) in [5, 5.41) is 13.6. The molecule has 5 rings (SSSR count). The summed E-state index contributed by atoms with van der Waals surface area (Å²) in [5.41, 5.74) is 3.12. The zero-order chi connectivity index (χ0) is 21.3. The van der Waals surface area contributed by atoms with E-state index < -0.39 is 0 Å². The van der Waals surface area contributed by atoms with Gasteiger partial charge in [0.2, 0.25) is 0 Å². The summed E-state index contributed by atoms with van der Waals surface area (Å²) in [7, 11) is 0. The van der Waals surface area contributed by atoms with Gasteiger partial charge in [0.1, 0.15) is 0 Å². The Bertz CT molecular complexity index is 1060. The number of halogens is 2. The van der Waals surface area contributed by atoms with E-state index in [1.807, 2.05) is 0 Å². The Morgan fingerprint density at radius 3 is 2.17 bits per heavy atom. The molecule has 1 saturated heterocycles. The maximum atomic E-state index is 11.1. The molecule has 3 atom stereocenters. The SMILES string of the molecule is CC1(C)[C@@H]2CC[C@]1(C)CN(C[C@H](O)Cn1c3ccc(Br)cc3c3cc(Br)ccc31)C2. The van der Waals surface area contributed by atoms with Crippen LogP contribution >= 0.6 is 31.9 Å². The summed E-state index contributed by atoms with van der Waals surface area (Å²) in [6, 6.07) is 12.8. The molecule has 30 heavy (non-hydrogen) atoms. The number of hydrogen-bond donors (Lipinski definition) is 1. The molecule has 1 N–H and O–H groups in total. The topological polar surface area (TPSA) is 28.4 Å². The van der Waals surface area contributed by atoms with Gasteiger partial charge in [-0.3, -0.25) is 4.90 Å². The van der Waals surface area contributed by atoms with Crippen LogP contribution < -0.4 is 0 Å². The summed E-state index contributed by atoms with van der Waals surface area (Å²) < 4.78 is 4.45. The molecule has 5 heteroatoms. The third-order valence-corrected chi connectivity index (χ3v) is 9.31. The van der Waals surface area contributed by atoms with Crippen molar-refractivity contribution in [3.63, 3.8) is 0 Å². The molecule has 1 aromatic heterocycles. The van der Waals surface area contributed by atoms with Crippen LogP contribution in [0.15, 0.2) is 45.3 Å². The number of piperidine rings is 1. The molecular formula is C25H30Br2N2O. The minimum absolute atomic E-state index is 0.362. The van der Waals surface area contributed by atoms with Crippen molar-refractivity contribution in [1.82, 2.24) is 9.47 Å². The predicted octanol–water partition coefficient (Wildman–Crippen LogP) is 6.44. The zero-order valence-corrected chi connectivity index (χ0v) is 21.1. The van der Waals surface area contributed by atoms with Gasteiger partial charge in [-0.05, 0) is 66.0 Å². The molecule has 3 aromatic rings. The van der Waals surface area contributed by atoms with Gasteiger partial charge in [-0.2, -0.15) is 0 Å². The fourth-order valence-corrected chi connectivity index (χ4v) is 6.81. The van der Waals surface area contributed by atoms with Crippen molar-refractivity contribution in [2.75, 3.05) is 19.6 Å². The number of aromatic nitrogens is 1. The monoisotopic (exact) mass is 532 g/mol. The Kier molecular flexibility index (Phi) is 5.13. The van der Waals surface area contributed by atoms with Gasteiger partial charge < -0.3 is 9.67 Å². The third kappa shape index (κ3) is 3.28. The first kappa shape index (κ1) is 21.0. The fourth-order valence-electron chi connectivity index (χ4n) is 6.09. The summed E-state index contributed by atoms with van der Waals surface area (Å²) in [4.78, 5) is 2.52. The lowest BCUT2D eigenvalue weighted by atomic mass is 9.63. The van der Waals surface area contributed by atoms with Crippen molar-refractivity contribution in [2.24, 2.45) is 16.7 Å². The number of likely N-dealkylation sites (tertiary alicyclic amines) is 1. The third-order valence-electron chi connectivity index (χ3n) is 8.32. The Balaban J connectivity index is 1.42. The summed E-state index contributed by atoms with van der Waals surface area (Å²) in [5.74, 6) is 0.742. The first-order valence-electron chi connectivity index (χ1n) is 11.0. The molecule has 2 fully saturated rings. The standard InChI is InChI=1S/C25H30Br2N2O/c1-24(2)16-8-9-25(24,3)15-28(12-16)13-19(30)14-29-22-6-4-17(26)10-20(22)21-11-18(27)5-7-23(21)29/h4-7,10-11,16,19,30H,8-9,12-15H2,1-3H3/t16-,19+,25-/m1/s1. The maximum Gasteiger partial charge on any atom is 0.0845 e. The molecule has 2 aliphatic rings. The van der Waals surface area contributed by atoms with Crippen molar-refractivity contribution in [1.29, 1.82) is 0 Å². The number of rotatable bonds is 4. The molecule has 3 nitrogen and oxygen atoms in total. The molecule has 0 spiro atoms. The molecule has 160 valence electrons. The van der Waals surface area contributed by atoms with Gasteiger partial charge in [-0.15, -0.1) is 0 Å².